The maximum absolute atomic E-state index is 13.5. The molecule has 24 heavy (non-hydrogen) atoms. The lowest BCUT2D eigenvalue weighted by atomic mass is 10.2. The third kappa shape index (κ3) is 4.13. The number of benzene rings is 2. The molecule has 0 aliphatic carbocycles. The lowest BCUT2D eigenvalue weighted by Crippen LogP contribution is -2.30. The Morgan fingerprint density at radius 1 is 1.21 bits per heavy atom. The second-order valence-electron chi connectivity index (χ2n) is 4.82. The first-order valence-electron chi connectivity index (χ1n) is 6.89. The molecule has 7 nitrogen and oxygen atoms in total. The van der Waals surface area contributed by atoms with Gasteiger partial charge in [-0.25, -0.2) is 9.18 Å². The maximum atomic E-state index is 13.5. The number of rotatable bonds is 5. The lowest BCUT2D eigenvalue weighted by molar-refractivity contribution is -0.384. The highest BCUT2D eigenvalue weighted by molar-refractivity contribution is 5.97. The summed E-state index contributed by atoms with van der Waals surface area (Å²) in [4.78, 5) is 33.9. The van der Waals surface area contributed by atoms with Gasteiger partial charge in [-0.2, -0.15) is 0 Å². The number of amides is 1. The van der Waals surface area contributed by atoms with Gasteiger partial charge in [0, 0.05) is 17.8 Å². The average Bonchev–Trinajstić information content (AvgIpc) is 2.55. The van der Waals surface area contributed by atoms with E-state index in [-0.39, 0.29) is 16.9 Å². The van der Waals surface area contributed by atoms with Crippen LogP contribution >= 0.6 is 0 Å². The molecule has 1 atom stereocenters. The van der Waals surface area contributed by atoms with Crippen molar-refractivity contribution in [1.29, 1.82) is 0 Å². The highest BCUT2D eigenvalue weighted by Gasteiger charge is 2.21. The number of nitrogens with zero attached hydrogens (tertiary/aromatic N) is 1. The summed E-state index contributed by atoms with van der Waals surface area (Å²) in [6.07, 6.45) is -1.21. The van der Waals surface area contributed by atoms with Crippen molar-refractivity contribution >= 4 is 23.3 Å². The molecule has 0 saturated heterocycles. The largest absolute Gasteiger partial charge is 0.449 e. The molecule has 2 rings (SSSR count). The molecule has 0 aliphatic rings. The highest BCUT2D eigenvalue weighted by Crippen LogP contribution is 2.17. The van der Waals surface area contributed by atoms with Gasteiger partial charge in [-0.3, -0.25) is 14.9 Å². The number of esters is 1. The minimum absolute atomic E-state index is 0.183. The topological polar surface area (TPSA) is 98.5 Å². The molecule has 2 aromatic carbocycles. The lowest BCUT2D eigenvalue weighted by Gasteiger charge is -2.13. The standard InChI is InChI=1S/C16H13FN2O5/c1-10(24-16(21)13-7-2-3-8-14(13)17)15(20)18-11-5-4-6-12(9-11)19(22)23/h2-10H,1H3,(H,18,20). The molecule has 0 aliphatic heterocycles. The van der Waals surface area contributed by atoms with Gasteiger partial charge in [0.1, 0.15) is 5.82 Å². The van der Waals surface area contributed by atoms with Crippen LogP contribution in [0.15, 0.2) is 48.5 Å². The van der Waals surface area contributed by atoms with Crippen molar-refractivity contribution in [2.24, 2.45) is 0 Å². The number of nitro benzene ring substituents is 1. The van der Waals surface area contributed by atoms with Gasteiger partial charge in [0.2, 0.25) is 0 Å². The fraction of sp³-hybridized carbons (Fsp3) is 0.125. The van der Waals surface area contributed by atoms with Gasteiger partial charge in [-0.05, 0) is 25.1 Å². The van der Waals surface area contributed by atoms with E-state index in [1.165, 1.54) is 49.4 Å². The van der Waals surface area contributed by atoms with Gasteiger partial charge < -0.3 is 10.1 Å². The summed E-state index contributed by atoms with van der Waals surface area (Å²) in [5.41, 5.74) is -0.292. The van der Waals surface area contributed by atoms with Gasteiger partial charge in [-0.15, -0.1) is 0 Å². The van der Waals surface area contributed by atoms with Crippen LogP contribution in [0.3, 0.4) is 0 Å². The Hall–Kier alpha value is -3.29. The van der Waals surface area contributed by atoms with E-state index < -0.39 is 28.7 Å². The SMILES string of the molecule is CC(OC(=O)c1ccccc1F)C(=O)Nc1cccc([N+](=O)[O-])c1. The van der Waals surface area contributed by atoms with E-state index in [9.17, 15) is 24.1 Å². The molecule has 0 saturated carbocycles. The first-order chi connectivity index (χ1) is 11.4. The van der Waals surface area contributed by atoms with Crippen molar-refractivity contribution in [3.63, 3.8) is 0 Å². The van der Waals surface area contributed by atoms with Gasteiger partial charge in [0.25, 0.3) is 11.6 Å². The number of carbonyl (C=O) groups is 2. The van der Waals surface area contributed by atoms with Crippen LogP contribution in [0, 0.1) is 15.9 Å². The summed E-state index contributed by atoms with van der Waals surface area (Å²) in [5.74, 6) is -2.43. The molecule has 0 aromatic heterocycles. The number of nitrogens with one attached hydrogen (secondary N) is 1. The second kappa shape index (κ2) is 7.32. The van der Waals surface area contributed by atoms with Crippen LogP contribution in [0.25, 0.3) is 0 Å². The fourth-order valence-electron chi connectivity index (χ4n) is 1.85. The quantitative estimate of drug-likeness (QED) is 0.515. The van der Waals surface area contributed by atoms with Gasteiger partial charge in [-0.1, -0.05) is 18.2 Å². The molecule has 1 unspecified atom stereocenters. The van der Waals surface area contributed by atoms with Crippen molar-refractivity contribution in [3.05, 3.63) is 70.0 Å². The van der Waals surface area contributed by atoms with Crippen LogP contribution in [0.4, 0.5) is 15.8 Å². The zero-order chi connectivity index (χ0) is 17.7. The Balaban J connectivity index is 2.02. The van der Waals surface area contributed by atoms with Gasteiger partial charge in [0.15, 0.2) is 6.10 Å². The Morgan fingerprint density at radius 2 is 1.92 bits per heavy atom. The minimum atomic E-state index is -1.21. The first-order valence-corrected chi connectivity index (χ1v) is 6.89. The molecular weight excluding hydrogens is 319 g/mol. The third-order valence-corrected chi connectivity index (χ3v) is 3.07. The Kier molecular flexibility index (Phi) is 5.20. The number of hydrogen-bond acceptors (Lipinski definition) is 5. The van der Waals surface area contributed by atoms with Crippen LogP contribution < -0.4 is 5.32 Å². The van der Waals surface area contributed by atoms with E-state index in [2.05, 4.69) is 5.32 Å². The van der Waals surface area contributed by atoms with Crippen LogP contribution in [-0.2, 0) is 9.53 Å². The number of carbonyl (C=O) groups excluding carboxylic acids is 2. The van der Waals surface area contributed by atoms with Gasteiger partial charge in [0.05, 0.1) is 10.5 Å². The second-order valence-corrected chi connectivity index (χ2v) is 4.82. The fourth-order valence-corrected chi connectivity index (χ4v) is 1.85. The van der Waals surface area contributed by atoms with Crippen molar-refractivity contribution in [3.8, 4) is 0 Å². The number of ether oxygens (including phenoxy) is 1. The van der Waals surface area contributed by atoms with Crippen LogP contribution in [-0.4, -0.2) is 22.9 Å². The molecule has 1 N–H and O–H groups in total. The summed E-state index contributed by atoms with van der Waals surface area (Å²) >= 11 is 0. The molecule has 1 amide bonds. The third-order valence-electron chi connectivity index (χ3n) is 3.07. The number of anilines is 1. The maximum Gasteiger partial charge on any atom is 0.341 e. The first kappa shape index (κ1) is 17.1. The van der Waals surface area contributed by atoms with Crippen LogP contribution in [0.5, 0.6) is 0 Å². The molecule has 124 valence electrons. The van der Waals surface area contributed by atoms with Gasteiger partial charge >= 0.3 is 5.97 Å². The molecular formula is C16H13FN2O5. The zero-order valence-electron chi connectivity index (χ0n) is 12.6. The van der Waals surface area contributed by atoms with E-state index >= 15 is 0 Å². The number of non-ortho nitro benzene ring substituents is 1. The van der Waals surface area contributed by atoms with Crippen molar-refractivity contribution in [1.82, 2.24) is 0 Å². The Bertz CT molecular complexity index is 794. The van der Waals surface area contributed by atoms with Crippen molar-refractivity contribution in [2.75, 3.05) is 5.32 Å². The van der Waals surface area contributed by atoms with E-state index in [1.54, 1.807) is 0 Å². The molecule has 0 heterocycles. The highest BCUT2D eigenvalue weighted by atomic mass is 19.1. The van der Waals surface area contributed by atoms with E-state index in [1.807, 2.05) is 0 Å². The predicted octanol–water partition coefficient (Wildman–Crippen LogP) is 2.92. The van der Waals surface area contributed by atoms with E-state index in [0.717, 1.165) is 6.07 Å². The molecule has 0 fully saturated rings. The van der Waals surface area contributed by atoms with Crippen molar-refractivity contribution in [2.45, 2.75) is 13.0 Å². The summed E-state index contributed by atoms with van der Waals surface area (Å²) in [5, 5.41) is 13.1. The number of halogens is 1. The minimum Gasteiger partial charge on any atom is -0.449 e. The van der Waals surface area contributed by atoms with E-state index in [0.29, 0.717) is 0 Å². The smallest absolute Gasteiger partial charge is 0.341 e. The molecule has 2 aromatic rings. The summed E-state index contributed by atoms with van der Waals surface area (Å²) in [6, 6.07) is 10.5. The monoisotopic (exact) mass is 332 g/mol. The average molecular weight is 332 g/mol. The van der Waals surface area contributed by atoms with Crippen LogP contribution in [0.1, 0.15) is 17.3 Å². The van der Waals surface area contributed by atoms with Crippen LogP contribution in [0.2, 0.25) is 0 Å². The predicted molar refractivity (Wildman–Crippen MR) is 83.0 cm³/mol. The summed E-state index contributed by atoms with van der Waals surface area (Å²) in [7, 11) is 0. The zero-order valence-corrected chi connectivity index (χ0v) is 12.6. The molecule has 8 heteroatoms. The van der Waals surface area contributed by atoms with E-state index in [4.69, 9.17) is 4.74 Å². The Morgan fingerprint density at radius 3 is 2.58 bits per heavy atom. The number of nitro groups is 1. The summed E-state index contributed by atoms with van der Waals surface area (Å²) in [6.45, 7) is 1.31. The Labute approximate surface area is 136 Å². The molecule has 0 bridgehead atoms. The molecule has 0 spiro atoms. The molecule has 0 radical (unpaired) electrons. The normalized spacial score (nSPS) is 11.4. The summed E-state index contributed by atoms with van der Waals surface area (Å²) < 4.78 is 18.4. The number of hydrogen-bond donors (Lipinski definition) is 1. The van der Waals surface area contributed by atoms with Crippen molar-refractivity contribution < 1.29 is 23.6 Å².